The topological polar surface area (TPSA) is 29.5 Å². The van der Waals surface area contributed by atoms with Crippen molar-refractivity contribution >= 4 is 11.8 Å². The average Bonchev–Trinajstić information content (AvgIpc) is 2.51. The van der Waals surface area contributed by atoms with Gasteiger partial charge in [-0.25, -0.2) is 0 Å². The molecule has 0 aliphatic heterocycles. The molecule has 0 aromatic heterocycles. The third-order valence-electron chi connectivity index (χ3n) is 2.78. The van der Waals surface area contributed by atoms with Crippen molar-refractivity contribution in [1.82, 2.24) is 0 Å². The molecule has 2 aromatic rings. The zero-order valence-electron chi connectivity index (χ0n) is 12.0. The Morgan fingerprint density at radius 1 is 1.14 bits per heavy atom. The average molecular weight is 298 g/mol. The van der Waals surface area contributed by atoms with Gasteiger partial charge in [0.15, 0.2) is 0 Å². The fourth-order valence-corrected chi connectivity index (χ4v) is 2.65. The molecule has 0 unspecified atom stereocenters. The van der Waals surface area contributed by atoms with Gasteiger partial charge in [-0.1, -0.05) is 29.5 Å². The van der Waals surface area contributed by atoms with Crippen LogP contribution in [0.5, 0.6) is 5.75 Å². The molecule has 0 saturated heterocycles. The summed E-state index contributed by atoms with van der Waals surface area (Å²) in [6, 6.07) is 16.1. The summed E-state index contributed by atoms with van der Waals surface area (Å²) in [5.74, 6) is 7.23. The Labute approximate surface area is 130 Å². The standard InChI is InChI=1S/C18H18O2S/c1-15-4-2-6-18(14-15)21-13-12-20-17-9-7-16(8-10-17)5-3-11-19/h2,4,6-10,14,19H,11-13H2,1H3. The molecule has 0 heterocycles. The van der Waals surface area contributed by atoms with E-state index in [4.69, 9.17) is 9.84 Å². The van der Waals surface area contributed by atoms with Gasteiger partial charge in [0.2, 0.25) is 0 Å². The molecule has 108 valence electrons. The van der Waals surface area contributed by atoms with Crippen molar-refractivity contribution in [2.45, 2.75) is 11.8 Å². The fourth-order valence-electron chi connectivity index (χ4n) is 1.80. The lowest BCUT2D eigenvalue weighted by Crippen LogP contribution is -1.99. The van der Waals surface area contributed by atoms with Crippen molar-refractivity contribution in [3.63, 3.8) is 0 Å². The van der Waals surface area contributed by atoms with Crippen LogP contribution in [0, 0.1) is 18.8 Å². The molecule has 0 aliphatic rings. The van der Waals surface area contributed by atoms with Crippen LogP contribution in [0.3, 0.4) is 0 Å². The first-order chi connectivity index (χ1) is 10.3. The second kappa shape index (κ2) is 8.41. The van der Waals surface area contributed by atoms with Crippen LogP contribution in [0.2, 0.25) is 0 Å². The van der Waals surface area contributed by atoms with E-state index in [2.05, 4.69) is 43.0 Å². The van der Waals surface area contributed by atoms with Crippen molar-refractivity contribution < 1.29 is 9.84 Å². The number of thioether (sulfide) groups is 1. The van der Waals surface area contributed by atoms with Crippen LogP contribution in [0.4, 0.5) is 0 Å². The van der Waals surface area contributed by atoms with E-state index in [0.717, 1.165) is 17.1 Å². The molecule has 0 atom stereocenters. The molecule has 0 spiro atoms. The quantitative estimate of drug-likeness (QED) is 0.520. The van der Waals surface area contributed by atoms with Crippen molar-refractivity contribution in [3.8, 4) is 17.6 Å². The molecule has 1 N–H and O–H groups in total. The molecule has 0 saturated carbocycles. The number of aliphatic hydroxyl groups is 1. The predicted octanol–water partition coefficient (Wildman–Crippen LogP) is 3.51. The van der Waals surface area contributed by atoms with Crippen molar-refractivity contribution in [1.29, 1.82) is 0 Å². The van der Waals surface area contributed by atoms with E-state index < -0.39 is 0 Å². The van der Waals surface area contributed by atoms with Crippen molar-refractivity contribution in [3.05, 3.63) is 59.7 Å². The molecule has 0 aliphatic carbocycles. The Morgan fingerprint density at radius 2 is 1.95 bits per heavy atom. The van der Waals surface area contributed by atoms with Gasteiger partial charge in [0, 0.05) is 16.2 Å². The van der Waals surface area contributed by atoms with Crippen LogP contribution in [-0.4, -0.2) is 24.1 Å². The summed E-state index contributed by atoms with van der Waals surface area (Å²) >= 11 is 1.79. The number of ether oxygens (including phenoxy) is 1. The zero-order chi connectivity index (χ0) is 14.9. The first kappa shape index (κ1) is 15.5. The summed E-state index contributed by atoms with van der Waals surface area (Å²) in [7, 11) is 0. The summed E-state index contributed by atoms with van der Waals surface area (Å²) in [5.41, 5.74) is 2.16. The Kier molecular flexibility index (Phi) is 6.21. The maximum atomic E-state index is 8.64. The number of rotatable bonds is 5. The Hall–Kier alpha value is -1.89. The lowest BCUT2D eigenvalue weighted by Gasteiger charge is -2.06. The van der Waals surface area contributed by atoms with Gasteiger partial charge < -0.3 is 9.84 Å². The Bertz CT molecular complexity index is 624. The van der Waals surface area contributed by atoms with Gasteiger partial charge in [-0.2, -0.15) is 0 Å². The lowest BCUT2D eigenvalue weighted by atomic mass is 10.2. The minimum Gasteiger partial charge on any atom is -0.493 e. The molecule has 2 rings (SSSR count). The highest BCUT2D eigenvalue weighted by Crippen LogP contribution is 2.19. The monoisotopic (exact) mass is 298 g/mol. The van der Waals surface area contributed by atoms with Gasteiger partial charge in [-0.3, -0.25) is 0 Å². The summed E-state index contributed by atoms with van der Waals surface area (Å²) in [5, 5.41) is 8.64. The minimum absolute atomic E-state index is 0.117. The van der Waals surface area contributed by atoms with E-state index in [1.54, 1.807) is 11.8 Å². The molecule has 0 fully saturated rings. The molecule has 3 heteroatoms. The SMILES string of the molecule is Cc1cccc(SCCOc2ccc(C#CCO)cc2)c1. The number of hydrogen-bond acceptors (Lipinski definition) is 3. The Morgan fingerprint density at radius 3 is 2.67 bits per heavy atom. The van der Waals surface area contributed by atoms with Gasteiger partial charge in [0.25, 0.3) is 0 Å². The first-order valence-electron chi connectivity index (χ1n) is 6.80. The van der Waals surface area contributed by atoms with Gasteiger partial charge in [0.1, 0.15) is 12.4 Å². The third kappa shape index (κ3) is 5.55. The Balaban J connectivity index is 1.76. The highest BCUT2D eigenvalue weighted by Gasteiger charge is 1.97. The lowest BCUT2D eigenvalue weighted by molar-refractivity contribution is 0.344. The van der Waals surface area contributed by atoms with E-state index in [1.165, 1.54) is 10.5 Å². The highest BCUT2D eigenvalue weighted by atomic mass is 32.2. The van der Waals surface area contributed by atoms with Crippen LogP contribution in [-0.2, 0) is 0 Å². The molecule has 2 aromatic carbocycles. The van der Waals surface area contributed by atoms with Crippen molar-refractivity contribution in [2.24, 2.45) is 0 Å². The molecule has 2 nitrogen and oxygen atoms in total. The number of aliphatic hydroxyl groups excluding tert-OH is 1. The number of benzene rings is 2. The van der Waals surface area contributed by atoms with Crippen LogP contribution in [0.25, 0.3) is 0 Å². The summed E-state index contributed by atoms with van der Waals surface area (Å²) in [4.78, 5) is 1.27. The maximum Gasteiger partial charge on any atom is 0.119 e. The van der Waals surface area contributed by atoms with E-state index in [0.29, 0.717) is 6.61 Å². The summed E-state index contributed by atoms with van der Waals surface area (Å²) in [6.45, 7) is 2.65. The van der Waals surface area contributed by atoms with E-state index in [9.17, 15) is 0 Å². The minimum atomic E-state index is -0.117. The second-order valence-corrected chi connectivity index (χ2v) is 5.67. The number of aryl methyl sites for hydroxylation is 1. The summed E-state index contributed by atoms with van der Waals surface area (Å²) < 4.78 is 5.70. The van der Waals surface area contributed by atoms with Gasteiger partial charge in [0.05, 0.1) is 6.61 Å². The molecule has 0 radical (unpaired) electrons. The van der Waals surface area contributed by atoms with Crippen LogP contribution in [0.1, 0.15) is 11.1 Å². The van der Waals surface area contributed by atoms with E-state index >= 15 is 0 Å². The molecular weight excluding hydrogens is 280 g/mol. The largest absolute Gasteiger partial charge is 0.493 e. The van der Waals surface area contributed by atoms with Crippen LogP contribution < -0.4 is 4.74 Å². The van der Waals surface area contributed by atoms with Gasteiger partial charge in [-0.15, -0.1) is 11.8 Å². The third-order valence-corrected chi connectivity index (χ3v) is 3.73. The van der Waals surface area contributed by atoms with Gasteiger partial charge in [-0.05, 0) is 43.3 Å². The second-order valence-electron chi connectivity index (χ2n) is 4.50. The molecule has 21 heavy (non-hydrogen) atoms. The van der Waals surface area contributed by atoms with E-state index in [1.807, 2.05) is 24.3 Å². The van der Waals surface area contributed by atoms with Crippen molar-refractivity contribution in [2.75, 3.05) is 19.0 Å². The highest BCUT2D eigenvalue weighted by molar-refractivity contribution is 7.99. The molecule has 0 amide bonds. The molecular formula is C18H18O2S. The smallest absolute Gasteiger partial charge is 0.119 e. The van der Waals surface area contributed by atoms with Gasteiger partial charge >= 0.3 is 0 Å². The summed E-state index contributed by atoms with van der Waals surface area (Å²) in [6.07, 6.45) is 0. The number of hydrogen-bond donors (Lipinski definition) is 1. The van der Waals surface area contributed by atoms with E-state index in [-0.39, 0.29) is 6.61 Å². The molecule has 0 bridgehead atoms. The van der Waals surface area contributed by atoms with Crippen LogP contribution in [0.15, 0.2) is 53.4 Å². The normalized spacial score (nSPS) is 9.81. The zero-order valence-corrected chi connectivity index (χ0v) is 12.8. The maximum absolute atomic E-state index is 8.64. The fraction of sp³-hybridized carbons (Fsp3) is 0.222. The van der Waals surface area contributed by atoms with Crippen LogP contribution >= 0.6 is 11.8 Å². The predicted molar refractivity (Wildman–Crippen MR) is 87.8 cm³/mol. The first-order valence-corrected chi connectivity index (χ1v) is 7.78.